The van der Waals surface area contributed by atoms with Gasteiger partial charge in [-0.25, -0.2) is 14.4 Å². The standard InChI is InChI=1S/C42H42FN3O4S/c1-25(2)27-10-12-28(13-11-27)30-14-15-34(35(43)19-30)32-21-44-39(45-22-32)29-8-6-26(7-9-29)18-31(40(48)46-23-33(24-46)41(49)50)20-36(47)37-16-17-38(51-37)42(3,4)5/h6-17,19,21-22,25,31,33H,18,20,23-24H2,1-5H3,(H,49,50)/t31-/m1/s1. The molecule has 0 aliphatic carbocycles. The summed E-state index contributed by atoms with van der Waals surface area (Å²) < 4.78 is 15.3. The van der Waals surface area contributed by atoms with E-state index in [1.165, 1.54) is 27.9 Å². The van der Waals surface area contributed by atoms with E-state index in [2.05, 4.69) is 56.7 Å². The van der Waals surface area contributed by atoms with Crippen LogP contribution in [0.4, 0.5) is 4.39 Å². The number of ketones is 1. The van der Waals surface area contributed by atoms with Gasteiger partial charge in [0, 0.05) is 59.4 Å². The minimum Gasteiger partial charge on any atom is -0.481 e. The highest BCUT2D eigenvalue weighted by Crippen LogP contribution is 2.33. The molecule has 3 heterocycles. The smallest absolute Gasteiger partial charge is 0.310 e. The van der Waals surface area contributed by atoms with Gasteiger partial charge in [0.25, 0.3) is 0 Å². The summed E-state index contributed by atoms with van der Waals surface area (Å²) in [6.45, 7) is 10.9. The summed E-state index contributed by atoms with van der Waals surface area (Å²) in [6.07, 6.45) is 3.58. The fourth-order valence-corrected chi connectivity index (χ4v) is 7.23. The molecule has 7 nitrogen and oxygen atoms in total. The van der Waals surface area contributed by atoms with E-state index in [0.717, 1.165) is 27.1 Å². The van der Waals surface area contributed by atoms with Crippen LogP contribution < -0.4 is 0 Å². The number of likely N-dealkylation sites (tertiary alicyclic amines) is 1. The molecule has 6 rings (SSSR count). The number of nitrogens with zero attached hydrogens (tertiary/aromatic N) is 3. The van der Waals surface area contributed by atoms with E-state index in [1.807, 2.05) is 54.6 Å². The second-order valence-corrected chi connectivity index (χ2v) is 15.8. The maximum atomic E-state index is 15.3. The number of carboxylic acid groups (broad SMARTS) is 1. The number of benzene rings is 3. The quantitative estimate of drug-likeness (QED) is 0.138. The summed E-state index contributed by atoms with van der Waals surface area (Å²) in [4.78, 5) is 50.6. The molecule has 51 heavy (non-hydrogen) atoms. The van der Waals surface area contributed by atoms with Gasteiger partial charge in [0.1, 0.15) is 5.82 Å². The maximum absolute atomic E-state index is 15.3. The Bertz CT molecular complexity index is 2040. The first-order chi connectivity index (χ1) is 24.3. The number of aromatic nitrogens is 2. The Kier molecular flexibility index (Phi) is 10.3. The number of carboxylic acids is 1. The highest BCUT2D eigenvalue weighted by atomic mass is 32.1. The molecule has 0 radical (unpaired) electrons. The van der Waals surface area contributed by atoms with Gasteiger partial charge in [0.2, 0.25) is 5.91 Å². The van der Waals surface area contributed by atoms with Crippen molar-refractivity contribution in [2.75, 3.05) is 13.1 Å². The van der Waals surface area contributed by atoms with Gasteiger partial charge in [-0.05, 0) is 58.2 Å². The van der Waals surface area contributed by atoms with Crippen molar-refractivity contribution in [3.05, 3.63) is 118 Å². The summed E-state index contributed by atoms with van der Waals surface area (Å²) in [7, 11) is 0. The minimum atomic E-state index is -0.919. The molecule has 262 valence electrons. The third-order valence-electron chi connectivity index (χ3n) is 9.48. The van der Waals surface area contributed by atoms with Crippen LogP contribution in [0.1, 0.15) is 72.6 Å². The Balaban J connectivity index is 1.15. The van der Waals surface area contributed by atoms with Gasteiger partial charge < -0.3 is 10.0 Å². The number of rotatable bonds is 11. The third-order valence-corrected chi connectivity index (χ3v) is 11.0. The van der Waals surface area contributed by atoms with Crippen molar-refractivity contribution in [2.45, 2.75) is 58.8 Å². The average Bonchev–Trinajstić information content (AvgIpc) is 3.60. The van der Waals surface area contributed by atoms with Crippen LogP contribution in [0.3, 0.4) is 0 Å². The lowest BCUT2D eigenvalue weighted by Gasteiger charge is -2.38. The number of carbonyl (C=O) groups excluding carboxylic acids is 2. The molecular formula is C42H42FN3O4S. The molecule has 2 aromatic heterocycles. The number of halogens is 1. The number of Topliss-reactive ketones (excluding diaryl/α,β-unsaturated/α-hetero) is 1. The summed E-state index contributed by atoms with van der Waals surface area (Å²) >= 11 is 1.45. The van der Waals surface area contributed by atoms with Crippen molar-refractivity contribution in [3.63, 3.8) is 0 Å². The molecule has 1 N–H and O–H groups in total. The number of carbonyl (C=O) groups is 3. The molecule has 0 bridgehead atoms. The van der Waals surface area contributed by atoms with E-state index in [-0.39, 0.29) is 42.4 Å². The number of thiophene rings is 1. The third kappa shape index (κ3) is 8.15. The van der Waals surface area contributed by atoms with Crippen LogP contribution in [-0.4, -0.2) is 50.7 Å². The van der Waals surface area contributed by atoms with Crippen molar-refractivity contribution >= 4 is 29.0 Å². The van der Waals surface area contributed by atoms with E-state index in [1.54, 1.807) is 18.5 Å². The van der Waals surface area contributed by atoms with Crippen molar-refractivity contribution in [1.82, 2.24) is 14.9 Å². The Hall–Kier alpha value is -5.02. The first-order valence-electron chi connectivity index (χ1n) is 17.2. The Morgan fingerprint density at radius 1 is 0.863 bits per heavy atom. The molecule has 5 aromatic rings. The molecule has 0 spiro atoms. The molecule has 1 amide bonds. The fourth-order valence-electron chi connectivity index (χ4n) is 6.21. The van der Waals surface area contributed by atoms with E-state index >= 15 is 4.39 Å². The van der Waals surface area contributed by atoms with Gasteiger partial charge in [-0.15, -0.1) is 11.3 Å². The highest BCUT2D eigenvalue weighted by molar-refractivity contribution is 7.14. The maximum Gasteiger partial charge on any atom is 0.310 e. The molecule has 9 heteroatoms. The molecule has 0 unspecified atom stereocenters. The van der Waals surface area contributed by atoms with Crippen LogP contribution in [0.2, 0.25) is 0 Å². The number of aliphatic carboxylic acids is 1. The lowest BCUT2D eigenvalue weighted by Crippen LogP contribution is -2.55. The first kappa shape index (κ1) is 35.8. The highest BCUT2D eigenvalue weighted by Gasteiger charge is 2.39. The zero-order valence-corrected chi connectivity index (χ0v) is 30.3. The van der Waals surface area contributed by atoms with Crippen LogP contribution in [0.25, 0.3) is 33.6 Å². The SMILES string of the molecule is CC(C)c1ccc(-c2ccc(-c3cnc(-c4ccc(C[C@H](CC(=O)c5ccc(C(C)(C)C)s5)C(=O)N5CC(C(=O)O)C5)cc4)nc3)c(F)c2)cc1. The summed E-state index contributed by atoms with van der Waals surface area (Å²) in [5.74, 6) is -1.88. The average molecular weight is 704 g/mol. The molecule has 1 saturated heterocycles. The summed E-state index contributed by atoms with van der Waals surface area (Å²) in [6, 6.07) is 24.7. The lowest BCUT2D eigenvalue weighted by atomic mass is 9.89. The summed E-state index contributed by atoms with van der Waals surface area (Å²) in [5, 5.41) is 9.33. The fraction of sp³-hybridized carbons (Fsp3) is 0.310. The van der Waals surface area contributed by atoms with Gasteiger partial charge in [0.15, 0.2) is 11.6 Å². The van der Waals surface area contributed by atoms with Crippen molar-refractivity contribution < 1.29 is 23.9 Å². The molecule has 0 saturated carbocycles. The normalized spacial score (nSPS) is 14.0. The Morgan fingerprint density at radius 2 is 1.49 bits per heavy atom. The minimum absolute atomic E-state index is 0.0332. The molecule has 1 atom stereocenters. The van der Waals surface area contributed by atoms with E-state index in [9.17, 15) is 19.5 Å². The second-order valence-electron chi connectivity index (χ2n) is 14.7. The number of amides is 1. The predicted octanol–water partition coefficient (Wildman–Crippen LogP) is 9.07. The van der Waals surface area contributed by atoms with Gasteiger partial charge in [0.05, 0.1) is 10.8 Å². The van der Waals surface area contributed by atoms with Gasteiger partial charge in [-0.2, -0.15) is 0 Å². The predicted molar refractivity (Wildman–Crippen MR) is 199 cm³/mol. The molecule has 1 aliphatic rings. The lowest BCUT2D eigenvalue weighted by molar-refractivity contribution is -0.154. The molecule has 3 aromatic carbocycles. The zero-order valence-electron chi connectivity index (χ0n) is 29.5. The van der Waals surface area contributed by atoms with Crippen LogP contribution in [0.5, 0.6) is 0 Å². The summed E-state index contributed by atoms with van der Waals surface area (Å²) in [5.41, 5.74) is 5.49. The van der Waals surface area contributed by atoms with Crippen molar-refractivity contribution in [1.29, 1.82) is 0 Å². The van der Waals surface area contributed by atoms with Crippen LogP contribution >= 0.6 is 11.3 Å². The monoisotopic (exact) mass is 703 g/mol. The van der Waals surface area contributed by atoms with Gasteiger partial charge in [-0.3, -0.25) is 14.4 Å². The van der Waals surface area contributed by atoms with Crippen LogP contribution in [0, 0.1) is 17.7 Å². The number of hydrogen-bond donors (Lipinski definition) is 1. The molecular weight excluding hydrogens is 662 g/mol. The molecule has 1 aliphatic heterocycles. The van der Waals surface area contributed by atoms with Gasteiger partial charge in [-0.1, -0.05) is 95.3 Å². The van der Waals surface area contributed by atoms with Gasteiger partial charge >= 0.3 is 5.97 Å². The first-order valence-corrected chi connectivity index (χ1v) is 18.0. The van der Waals surface area contributed by atoms with Crippen LogP contribution in [0.15, 0.2) is 91.3 Å². The topological polar surface area (TPSA) is 100 Å². The van der Waals surface area contributed by atoms with Crippen LogP contribution in [-0.2, 0) is 21.4 Å². The number of hydrogen-bond acceptors (Lipinski definition) is 6. The van der Waals surface area contributed by atoms with E-state index in [0.29, 0.717) is 34.2 Å². The largest absolute Gasteiger partial charge is 0.481 e. The Morgan fingerprint density at radius 3 is 2.06 bits per heavy atom. The molecule has 1 fully saturated rings. The zero-order chi connectivity index (χ0) is 36.4. The Labute approximate surface area is 302 Å². The van der Waals surface area contributed by atoms with Crippen molar-refractivity contribution in [2.24, 2.45) is 11.8 Å². The van der Waals surface area contributed by atoms with Crippen molar-refractivity contribution in [3.8, 4) is 33.6 Å². The van der Waals surface area contributed by atoms with E-state index in [4.69, 9.17) is 0 Å². The second kappa shape index (κ2) is 14.7. The van der Waals surface area contributed by atoms with E-state index < -0.39 is 17.8 Å².